The topological polar surface area (TPSA) is 57.2 Å². The number of alkyl halides is 2. The summed E-state index contributed by atoms with van der Waals surface area (Å²) in [5.41, 5.74) is 0.282. The van der Waals surface area contributed by atoms with Crippen LogP contribution in [0.15, 0.2) is 48.5 Å². The number of hydrogen-bond acceptors (Lipinski definition) is 5. The number of hydrogen-bond donors (Lipinski definition) is 0. The zero-order chi connectivity index (χ0) is 19.9. The number of benzene rings is 2. The van der Waals surface area contributed by atoms with Gasteiger partial charge >= 0.3 is 6.61 Å². The Morgan fingerprint density at radius 1 is 1.21 bits per heavy atom. The molecule has 0 saturated carbocycles. The van der Waals surface area contributed by atoms with Crippen LogP contribution in [-0.2, 0) is 4.74 Å². The number of methoxy groups -OCH3 is 1. The molecule has 1 aliphatic rings. The van der Waals surface area contributed by atoms with Crippen molar-refractivity contribution in [1.29, 1.82) is 0 Å². The molecule has 1 heterocycles. The highest BCUT2D eigenvalue weighted by atomic mass is 19.3. The van der Waals surface area contributed by atoms with Gasteiger partial charge in [0.25, 0.3) is 5.91 Å². The fourth-order valence-corrected chi connectivity index (χ4v) is 2.91. The number of rotatable bonds is 7. The van der Waals surface area contributed by atoms with Crippen LogP contribution in [0, 0.1) is 0 Å². The number of amides is 1. The van der Waals surface area contributed by atoms with E-state index in [0.717, 1.165) is 0 Å². The molecule has 0 spiro atoms. The molecule has 0 bridgehead atoms. The van der Waals surface area contributed by atoms with Gasteiger partial charge in [-0.25, -0.2) is 0 Å². The van der Waals surface area contributed by atoms with Crippen LogP contribution in [0.5, 0.6) is 17.2 Å². The predicted octanol–water partition coefficient (Wildman–Crippen LogP) is 3.22. The number of carbonyl (C=O) groups is 1. The lowest BCUT2D eigenvalue weighted by molar-refractivity contribution is -0.0500. The summed E-state index contributed by atoms with van der Waals surface area (Å²) in [5, 5.41) is 0. The van der Waals surface area contributed by atoms with Crippen molar-refractivity contribution in [1.82, 2.24) is 4.90 Å². The quantitative estimate of drug-likeness (QED) is 0.723. The van der Waals surface area contributed by atoms with Crippen LogP contribution in [0.3, 0.4) is 0 Å². The molecule has 1 saturated heterocycles. The predicted molar refractivity (Wildman–Crippen MR) is 97.2 cm³/mol. The summed E-state index contributed by atoms with van der Waals surface area (Å²) in [6.07, 6.45) is -0.317. The largest absolute Gasteiger partial charge is 0.493 e. The smallest absolute Gasteiger partial charge is 0.387 e. The highest BCUT2D eigenvalue weighted by Crippen LogP contribution is 2.26. The molecule has 1 fully saturated rings. The molecule has 0 N–H and O–H groups in total. The van der Waals surface area contributed by atoms with E-state index in [1.54, 1.807) is 30.2 Å². The number of carbonyl (C=O) groups excluding carboxylic acids is 1. The Kier molecular flexibility index (Phi) is 6.65. The van der Waals surface area contributed by atoms with E-state index >= 15 is 0 Å². The molecule has 8 heteroatoms. The average molecular weight is 393 g/mol. The highest BCUT2D eigenvalue weighted by Gasteiger charge is 2.26. The fraction of sp³-hybridized carbons (Fsp3) is 0.350. The van der Waals surface area contributed by atoms with Gasteiger partial charge in [-0.15, -0.1) is 0 Å². The first-order chi connectivity index (χ1) is 13.6. The molecule has 0 aromatic heterocycles. The van der Waals surface area contributed by atoms with Crippen molar-refractivity contribution in [3.05, 3.63) is 54.1 Å². The molecule has 2 aromatic carbocycles. The Labute approximate surface area is 161 Å². The van der Waals surface area contributed by atoms with Crippen molar-refractivity contribution < 1.29 is 32.5 Å². The third-order valence-corrected chi connectivity index (χ3v) is 4.23. The van der Waals surface area contributed by atoms with E-state index in [1.807, 2.05) is 12.1 Å². The van der Waals surface area contributed by atoms with Gasteiger partial charge in [0.15, 0.2) is 11.5 Å². The van der Waals surface area contributed by atoms with Crippen LogP contribution in [0.25, 0.3) is 0 Å². The Morgan fingerprint density at radius 2 is 2.00 bits per heavy atom. The van der Waals surface area contributed by atoms with Gasteiger partial charge in [-0.05, 0) is 30.3 Å². The van der Waals surface area contributed by atoms with E-state index in [1.165, 1.54) is 18.2 Å². The summed E-state index contributed by atoms with van der Waals surface area (Å²) in [6, 6.07) is 13.0. The Morgan fingerprint density at radius 3 is 2.75 bits per heavy atom. The lowest BCUT2D eigenvalue weighted by Gasteiger charge is -2.33. The van der Waals surface area contributed by atoms with Crippen LogP contribution in [0.2, 0.25) is 0 Å². The van der Waals surface area contributed by atoms with E-state index in [4.69, 9.17) is 14.2 Å². The van der Waals surface area contributed by atoms with Gasteiger partial charge in [0, 0.05) is 12.1 Å². The highest BCUT2D eigenvalue weighted by molar-refractivity contribution is 5.94. The fourth-order valence-electron chi connectivity index (χ4n) is 2.91. The molecule has 0 aliphatic carbocycles. The van der Waals surface area contributed by atoms with Crippen molar-refractivity contribution in [3.8, 4) is 17.2 Å². The summed E-state index contributed by atoms with van der Waals surface area (Å²) in [5.74, 6) is 0.881. The van der Waals surface area contributed by atoms with E-state index in [9.17, 15) is 13.6 Å². The van der Waals surface area contributed by atoms with Crippen LogP contribution in [0.1, 0.15) is 10.4 Å². The van der Waals surface area contributed by atoms with Gasteiger partial charge in [-0.1, -0.05) is 18.2 Å². The average Bonchev–Trinajstić information content (AvgIpc) is 2.72. The second-order valence-electron chi connectivity index (χ2n) is 6.11. The van der Waals surface area contributed by atoms with Gasteiger partial charge in [0.1, 0.15) is 18.5 Å². The zero-order valence-electron chi connectivity index (χ0n) is 15.3. The van der Waals surface area contributed by atoms with Crippen LogP contribution >= 0.6 is 0 Å². The number of halogens is 2. The third-order valence-electron chi connectivity index (χ3n) is 4.23. The molecule has 0 radical (unpaired) electrons. The van der Waals surface area contributed by atoms with Crippen LogP contribution < -0.4 is 14.2 Å². The molecule has 28 heavy (non-hydrogen) atoms. The Hall–Kier alpha value is -2.87. The molecule has 1 unspecified atom stereocenters. The third kappa shape index (κ3) is 5.10. The second-order valence-corrected chi connectivity index (χ2v) is 6.11. The van der Waals surface area contributed by atoms with Crippen molar-refractivity contribution in [2.45, 2.75) is 12.7 Å². The number of nitrogens with zero attached hydrogens (tertiary/aromatic N) is 1. The minimum absolute atomic E-state index is 0.0508. The summed E-state index contributed by atoms with van der Waals surface area (Å²) < 4.78 is 45.8. The zero-order valence-corrected chi connectivity index (χ0v) is 15.3. The summed E-state index contributed by atoms with van der Waals surface area (Å²) in [7, 11) is 1.56. The molecular weight excluding hydrogens is 372 g/mol. The minimum atomic E-state index is -2.94. The van der Waals surface area contributed by atoms with E-state index in [-0.39, 0.29) is 29.9 Å². The molecule has 1 amide bonds. The molecule has 1 aliphatic heterocycles. The lowest BCUT2D eigenvalue weighted by Crippen LogP contribution is -2.47. The number of para-hydroxylation sites is 2. The number of ether oxygens (including phenoxy) is 4. The number of morpholine rings is 1. The summed E-state index contributed by atoms with van der Waals surface area (Å²) in [6.45, 7) is -1.60. The van der Waals surface area contributed by atoms with Crippen LogP contribution in [0.4, 0.5) is 8.78 Å². The first-order valence-electron chi connectivity index (χ1n) is 8.78. The Balaban J connectivity index is 1.60. The maximum Gasteiger partial charge on any atom is 0.387 e. The molecule has 6 nitrogen and oxygen atoms in total. The first kappa shape index (κ1) is 19.9. The van der Waals surface area contributed by atoms with E-state index < -0.39 is 6.61 Å². The molecular formula is C20H21F2NO5. The molecule has 1 atom stereocenters. The maximum atomic E-state index is 12.7. The maximum absolute atomic E-state index is 12.7. The molecule has 150 valence electrons. The van der Waals surface area contributed by atoms with Gasteiger partial charge in [-0.2, -0.15) is 8.78 Å². The van der Waals surface area contributed by atoms with Gasteiger partial charge in [0.2, 0.25) is 0 Å². The lowest BCUT2D eigenvalue weighted by atomic mass is 10.1. The monoisotopic (exact) mass is 393 g/mol. The minimum Gasteiger partial charge on any atom is -0.493 e. The van der Waals surface area contributed by atoms with Crippen molar-refractivity contribution >= 4 is 5.91 Å². The van der Waals surface area contributed by atoms with Gasteiger partial charge in [-0.3, -0.25) is 4.79 Å². The van der Waals surface area contributed by atoms with E-state index in [2.05, 4.69) is 4.74 Å². The SMILES string of the molecule is COc1ccccc1OCC1CN(C(=O)c2cccc(OC(F)F)c2)CCO1. The van der Waals surface area contributed by atoms with Crippen molar-refractivity contribution in [2.24, 2.45) is 0 Å². The van der Waals surface area contributed by atoms with Crippen molar-refractivity contribution in [2.75, 3.05) is 33.4 Å². The summed E-state index contributed by atoms with van der Waals surface area (Å²) in [4.78, 5) is 14.3. The van der Waals surface area contributed by atoms with E-state index in [0.29, 0.717) is 31.2 Å². The van der Waals surface area contributed by atoms with Gasteiger partial charge in [0.05, 0.1) is 20.3 Å². The molecule has 3 rings (SSSR count). The first-order valence-corrected chi connectivity index (χ1v) is 8.78. The Bertz CT molecular complexity index is 802. The standard InChI is InChI=1S/C20H21F2NO5/c1-25-17-7-2-3-8-18(17)27-13-16-12-23(9-10-26-16)19(24)14-5-4-6-15(11-14)28-20(21)22/h2-8,11,16,20H,9-10,12-13H2,1H3. The van der Waals surface area contributed by atoms with Crippen LogP contribution in [-0.4, -0.2) is 56.9 Å². The van der Waals surface area contributed by atoms with Gasteiger partial charge < -0.3 is 23.8 Å². The second kappa shape index (κ2) is 9.36. The molecule has 2 aromatic rings. The normalized spacial score (nSPS) is 16.7. The summed E-state index contributed by atoms with van der Waals surface area (Å²) >= 11 is 0. The van der Waals surface area contributed by atoms with Crippen molar-refractivity contribution in [3.63, 3.8) is 0 Å².